The van der Waals surface area contributed by atoms with Crippen LogP contribution in [-0.4, -0.2) is 25.2 Å². The highest BCUT2D eigenvalue weighted by Gasteiger charge is 2.15. The monoisotopic (exact) mass is 373 g/mol. The zero-order valence-electron chi connectivity index (χ0n) is 14.2. The second-order valence-electron chi connectivity index (χ2n) is 5.30. The topological polar surface area (TPSA) is 57.7 Å². The largest absolute Gasteiger partial charge is 0.497 e. The Morgan fingerprint density at radius 2 is 1.88 bits per heavy atom. The van der Waals surface area contributed by atoms with Gasteiger partial charge < -0.3 is 14.2 Å². The number of carbonyl (C=O) groups excluding carboxylic acids is 1. The lowest BCUT2D eigenvalue weighted by Crippen LogP contribution is -2.08. The Bertz CT molecular complexity index is 925. The summed E-state index contributed by atoms with van der Waals surface area (Å²) in [7, 11) is 3.03. The molecule has 26 heavy (non-hydrogen) atoms. The lowest BCUT2D eigenvalue weighted by molar-refractivity contribution is 0.0463. The number of methoxy groups -OCH3 is 2. The van der Waals surface area contributed by atoms with Crippen molar-refractivity contribution in [2.45, 2.75) is 6.61 Å². The average molecular weight is 373 g/mol. The molecule has 0 saturated heterocycles. The Morgan fingerprint density at radius 3 is 2.62 bits per heavy atom. The van der Waals surface area contributed by atoms with Crippen LogP contribution in [0.2, 0.25) is 0 Å². The van der Waals surface area contributed by atoms with Gasteiger partial charge in [-0.05, 0) is 24.3 Å². The number of halogens is 1. The number of nitrogens with zero attached hydrogens (tertiary/aromatic N) is 1. The Morgan fingerprint density at radius 1 is 1.12 bits per heavy atom. The van der Waals surface area contributed by atoms with Gasteiger partial charge >= 0.3 is 5.97 Å². The highest BCUT2D eigenvalue weighted by molar-refractivity contribution is 7.13. The van der Waals surface area contributed by atoms with Crippen molar-refractivity contribution in [1.82, 2.24) is 4.98 Å². The van der Waals surface area contributed by atoms with Crippen LogP contribution in [0, 0.1) is 5.82 Å². The first kappa shape index (κ1) is 17.9. The van der Waals surface area contributed by atoms with Gasteiger partial charge in [-0.25, -0.2) is 14.2 Å². The van der Waals surface area contributed by atoms with E-state index in [1.165, 1.54) is 30.6 Å². The molecular formula is C19H16FNO4S. The third kappa shape index (κ3) is 4.00. The third-order valence-corrected chi connectivity index (χ3v) is 4.56. The summed E-state index contributed by atoms with van der Waals surface area (Å²) in [6.45, 7) is -0.0369. The summed E-state index contributed by atoms with van der Waals surface area (Å²) >= 11 is 1.43. The van der Waals surface area contributed by atoms with Crippen molar-refractivity contribution in [3.05, 3.63) is 64.9 Å². The molecule has 1 heterocycles. The van der Waals surface area contributed by atoms with Crippen molar-refractivity contribution in [1.29, 1.82) is 0 Å². The van der Waals surface area contributed by atoms with Crippen molar-refractivity contribution >= 4 is 17.3 Å². The molecule has 0 bridgehead atoms. The molecule has 0 N–H and O–H groups in total. The fourth-order valence-corrected chi connectivity index (χ4v) is 3.07. The van der Waals surface area contributed by atoms with Crippen LogP contribution in [0.3, 0.4) is 0 Å². The quantitative estimate of drug-likeness (QED) is 0.602. The molecular weight excluding hydrogens is 357 g/mol. The zero-order valence-corrected chi connectivity index (χ0v) is 15.0. The molecule has 7 heteroatoms. The summed E-state index contributed by atoms with van der Waals surface area (Å²) in [5, 5.41) is 2.58. The van der Waals surface area contributed by atoms with Crippen LogP contribution in [-0.2, 0) is 11.3 Å². The highest BCUT2D eigenvalue weighted by Crippen LogP contribution is 2.27. The maximum Gasteiger partial charge on any atom is 0.341 e. The van der Waals surface area contributed by atoms with Crippen molar-refractivity contribution < 1.29 is 23.4 Å². The van der Waals surface area contributed by atoms with E-state index in [0.717, 1.165) is 22.4 Å². The molecule has 134 valence electrons. The zero-order chi connectivity index (χ0) is 18.5. The van der Waals surface area contributed by atoms with E-state index in [0.29, 0.717) is 11.4 Å². The summed E-state index contributed by atoms with van der Waals surface area (Å²) in [5.41, 5.74) is 1.36. The highest BCUT2D eigenvalue weighted by atomic mass is 32.1. The molecule has 0 unspecified atom stereocenters. The average Bonchev–Trinajstić information content (AvgIpc) is 3.15. The van der Waals surface area contributed by atoms with Gasteiger partial charge in [0.1, 0.15) is 28.9 Å². The molecule has 0 amide bonds. The van der Waals surface area contributed by atoms with Crippen LogP contribution in [0.1, 0.15) is 16.1 Å². The maximum absolute atomic E-state index is 13.9. The van der Waals surface area contributed by atoms with Gasteiger partial charge in [-0.15, -0.1) is 11.3 Å². The molecule has 2 aromatic carbocycles. The van der Waals surface area contributed by atoms with Gasteiger partial charge in [-0.2, -0.15) is 0 Å². The minimum Gasteiger partial charge on any atom is -0.497 e. The lowest BCUT2D eigenvalue weighted by Gasteiger charge is -2.06. The molecule has 5 nitrogen and oxygen atoms in total. The fourth-order valence-electron chi connectivity index (χ4n) is 2.27. The second-order valence-corrected chi connectivity index (χ2v) is 6.16. The molecule has 3 rings (SSSR count). The van der Waals surface area contributed by atoms with E-state index >= 15 is 0 Å². The standard InChI is InChI=1S/C19H16FNO4S/c1-23-14-5-3-4-12(8-14)18-21-13(11-26-18)10-25-19(22)16-7-6-15(24-2)9-17(16)20/h3-9,11H,10H2,1-2H3. The third-order valence-electron chi connectivity index (χ3n) is 3.62. The van der Waals surface area contributed by atoms with E-state index in [2.05, 4.69) is 4.98 Å². The molecule has 0 saturated carbocycles. The number of hydrogen-bond acceptors (Lipinski definition) is 6. The summed E-state index contributed by atoms with van der Waals surface area (Å²) in [6.07, 6.45) is 0. The van der Waals surface area contributed by atoms with Crippen LogP contribution in [0.4, 0.5) is 4.39 Å². The molecule has 0 fully saturated rings. The summed E-state index contributed by atoms with van der Waals surface area (Å²) in [4.78, 5) is 16.5. The van der Waals surface area contributed by atoms with E-state index in [4.69, 9.17) is 14.2 Å². The normalized spacial score (nSPS) is 10.4. The van der Waals surface area contributed by atoms with Gasteiger partial charge in [0.05, 0.1) is 25.5 Å². The maximum atomic E-state index is 13.9. The molecule has 0 radical (unpaired) electrons. The van der Waals surface area contributed by atoms with Crippen LogP contribution in [0.25, 0.3) is 10.6 Å². The number of carbonyl (C=O) groups is 1. The van der Waals surface area contributed by atoms with Gasteiger partial charge in [0, 0.05) is 17.0 Å². The van der Waals surface area contributed by atoms with E-state index < -0.39 is 11.8 Å². The fraction of sp³-hybridized carbons (Fsp3) is 0.158. The van der Waals surface area contributed by atoms with Crippen LogP contribution < -0.4 is 9.47 Å². The van der Waals surface area contributed by atoms with Crippen LogP contribution >= 0.6 is 11.3 Å². The van der Waals surface area contributed by atoms with E-state index in [-0.39, 0.29) is 12.2 Å². The van der Waals surface area contributed by atoms with Gasteiger partial charge in [-0.1, -0.05) is 12.1 Å². The van der Waals surface area contributed by atoms with E-state index in [1.54, 1.807) is 12.5 Å². The number of rotatable bonds is 6. The first-order valence-electron chi connectivity index (χ1n) is 7.70. The van der Waals surface area contributed by atoms with Gasteiger partial charge in [0.15, 0.2) is 0 Å². The van der Waals surface area contributed by atoms with Crippen LogP contribution in [0.5, 0.6) is 11.5 Å². The Kier molecular flexibility index (Phi) is 5.48. The predicted octanol–water partition coefficient (Wildman–Crippen LogP) is 4.32. The number of hydrogen-bond donors (Lipinski definition) is 0. The van der Waals surface area contributed by atoms with Crippen molar-refractivity contribution in [3.8, 4) is 22.1 Å². The predicted molar refractivity (Wildman–Crippen MR) is 96.2 cm³/mol. The Labute approximate surface area is 154 Å². The second kappa shape index (κ2) is 7.97. The number of benzene rings is 2. The molecule has 0 spiro atoms. The first-order valence-corrected chi connectivity index (χ1v) is 8.58. The number of thiazole rings is 1. The molecule has 0 aliphatic carbocycles. The summed E-state index contributed by atoms with van der Waals surface area (Å²) in [6, 6.07) is 11.5. The van der Waals surface area contributed by atoms with Crippen molar-refractivity contribution in [2.75, 3.05) is 14.2 Å². The van der Waals surface area contributed by atoms with Gasteiger partial charge in [0.2, 0.25) is 0 Å². The van der Waals surface area contributed by atoms with Crippen molar-refractivity contribution in [2.24, 2.45) is 0 Å². The SMILES string of the molecule is COc1cccc(-c2nc(COC(=O)c3ccc(OC)cc3F)cs2)c1. The van der Waals surface area contributed by atoms with Gasteiger partial charge in [-0.3, -0.25) is 0 Å². The molecule has 0 atom stereocenters. The minimum atomic E-state index is -0.749. The van der Waals surface area contributed by atoms with Crippen molar-refractivity contribution in [3.63, 3.8) is 0 Å². The summed E-state index contributed by atoms with van der Waals surface area (Å²) < 4.78 is 29.2. The molecule has 0 aliphatic heterocycles. The first-order chi connectivity index (χ1) is 12.6. The van der Waals surface area contributed by atoms with Gasteiger partial charge in [0.25, 0.3) is 0 Å². The Balaban J connectivity index is 1.67. The Hall–Kier alpha value is -2.93. The number of aromatic nitrogens is 1. The van der Waals surface area contributed by atoms with E-state index in [9.17, 15) is 9.18 Å². The minimum absolute atomic E-state index is 0.0369. The summed E-state index contributed by atoms with van der Waals surface area (Å²) in [5.74, 6) is -0.368. The smallest absolute Gasteiger partial charge is 0.341 e. The lowest BCUT2D eigenvalue weighted by atomic mass is 10.2. The number of ether oxygens (including phenoxy) is 3. The van der Waals surface area contributed by atoms with Crippen LogP contribution in [0.15, 0.2) is 47.8 Å². The molecule has 3 aromatic rings. The van der Waals surface area contributed by atoms with E-state index in [1.807, 2.05) is 24.3 Å². The molecule has 1 aromatic heterocycles. The molecule has 0 aliphatic rings. The number of esters is 1.